The van der Waals surface area contributed by atoms with Crippen molar-refractivity contribution in [2.24, 2.45) is 11.8 Å². The highest BCUT2D eigenvalue weighted by atomic mass is 14.4. The van der Waals surface area contributed by atoms with Crippen LogP contribution in [0.1, 0.15) is 38.8 Å². The first-order valence-electron chi connectivity index (χ1n) is 6.56. The van der Waals surface area contributed by atoms with E-state index in [2.05, 4.69) is 64.1 Å². The topological polar surface area (TPSA) is 0 Å². The summed E-state index contributed by atoms with van der Waals surface area (Å²) in [6.45, 7) is 9.44. The Hall–Kier alpha value is -1.30. The van der Waals surface area contributed by atoms with Gasteiger partial charge in [-0.3, -0.25) is 0 Å². The summed E-state index contributed by atoms with van der Waals surface area (Å²) in [7, 11) is 0. The Morgan fingerprint density at radius 2 is 1.76 bits per heavy atom. The quantitative estimate of drug-likeness (QED) is 0.605. The summed E-state index contributed by atoms with van der Waals surface area (Å²) in [6, 6.07) is 8.88. The Bertz CT molecular complexity index is 529. The zero-order valence-corrected chi connectivity index (χ0v) is 11.1. The van der Waals surface area contributed by atoms with Gasteiger partial charge in [0, 0.05) is 5.41 Å². The van der Waals surface area contributed by atoms with Gasteiger partial charge in [0.25, 0.3) is 0 Å². The van der Waals surface area contributed by atoms with Gasteiger partial charge >= 0.3 is 0 Å². The molecule has 0 radical (unpaired) electrons. The van der Waals surface area contributed by atoms with E-state index < -0.39 is 0 Å². The summed E-state index contributed by atoms with van der Waals surface area (Å²) < 4.78 is 0. The summed E-state index contributed by atoms with van der Waals surface area (Å²) in [5.41, 5.74) is 6.26. The van der Waals surface area contributed by atoms with Gasteiger partial charge in [0.1, 0.15) is 0 Å². The van der Waals surface area contributed by atoms with Gasteiger partial charge < -0.3 is 0 Å². The fraction of sp³-hybridized carbons (Fsp3) is 0.412. The van der Waals surface area contributed by atoms with Gasteiger partial charge in [-0.1, -0.05) is 64.1 Å². The first-order valence-corrected chi connectivity index (χ1v) is 6.56. The first-order chi connectivity index (χ1) is 8.03. The molecule has 0 amide bonds. The van der Waals surface area contributed by atoms with Crippen molar-refractivity contribution in [2.45, 2.75) is 33.1 Å². The van der Waals surface area contributed by atoms with Gasteiger partial charge in [-0.25, -0.2) is 0 Å². The standard InChI is InChI=1S/C17H20/c1-11-9-10-14-13-7-5-6-8-15(13)17(3,4)16(14)12(11)2/h5-12H,1-4H3. The Morgan fingerprint density at radius 1 is 1.06 bits per heavy atom. The Kier molecular flexibility index (Phi) is 2.13. The smallest absolute Gasteiger partial charge is 0.0123 e. The SMILES string of the molecule is CC1C=CC2=C(C1C)C(C)(C)c1ccccc12. The molecule has 0 saturated heterocycles. The largest absolute Gasteiger partial charge is 0.0805 e. The van der Waals surface area contributed by atoms with Crippen molar-refractivity contribution in [3.05, 3.63) is 53.1 Å². The number of hydrogen-bond acceptors (Lipinski definition) is 0. The minimum atomic E-state index is 0.199. The number of hydrogen-bond donors (Lipinski definition) is 0. The predicted molar refractivity (Wildman–Crippen MR) is 73.9 cm³/mol. The molecule has 0 aromatic heterocycles. The summed E-state index contributed by atoms with van der Waals surface area (Å²) in [6.07, 6.45) is 4.70. The Morgan fingerprint density at radius 3 is 2.53 bits per heavy atom. The maximum Gasteiger partial charge on any atom is 0.0123 e. The van der Waals surface area contributed by atoms with Crippen LogP contribution < -0.4 is 0 Å². The lowest BCUT2D eigenvalue weighted by Crippen LogP contribution is -2.25. The molecule has 0 heteroatoms. The molecular weight excluding hydrogens is 204 g/mol. The molecule has 0 N–H and O–H groups in total. The minimum Gasteiger partial charge on any atom is -0.0805 e. The average molecular weight is 224 g/mol. The molecule has 0 aliphatic heterocycles. The third kappa shape index (κ3) is 1.30. The highest BCUT2D eigenvalue weighted by Crippen LogP contribution is 2.52. The maximum absolute atomic E-state index is 2.37. The minimum absolute atomic E-state index is 0.199. The van der Waals surface area contributed by atoms with Crippen LogP contribution in [-0.2, 0) is 5.41 Å². The molecular formula is C17H20. The fourth-order valence-electron chi connectivity index (χ4n) is 3.56. The van der Waals surface area contributed by atoms with Gasteiger partial charge in [-0.15, -0.1) is 0 Å². The molecule has 0 saturated carbocycles. The average Bonchev–Trinajstić information content (AvgIpc) is 2.54. The fourth-order valence-corrected chi connectivity index (χ4v) is 3.56. The normalized spacial score (nSPS) is 29.2. The van der Waals surface area contributed by atoms with Crippen molar-refractivity contribution in [3.63, 3.8) is 0 Å². The van der Waals surface area contributed by atoms with Gasteiger partial charge in [0.2, 0.25) is 0 Å². The second-order valence-corrected chi connectivity index (χ2v) is 6.00. The van der Waals surface area contributed by atoms with E-state index in [1.807, 2.05) is 0 Å². The zero-order chi connectivity index (χ0) is 12.2. The summed E-state index contributed by atoms with van der Waals surface area (Å²) in [4.78, 5) is 0. The van der Waals surface area contributed by atoms with Crippen molar-refractivity contribution in [1.29, 1.82) is 0 Å². The monoisotopic (exact) mass is 224 g/mol. The second kappa shape index (κ2) is 3.35. The zero-order valence-electron chi connectivity index (χ0n) is 11.1. The van der Waals surface area contributed by atoms with E-state index in [0.29, 0.717) is 11.8 Å². The van der Waals surface area contributed by atoms with Crippen LogP contribution in [0.3, 0.4) is 0 Å². The van der Waals surface area contributed by atoms with Crippen LogP contribution in [0.15, 0.2) is 42.0 Å². The molecule has 2 aliphatic rings. The van der Waals surface area contributed by atoms with Crippen LogP contribution in [0.25, 0.3) is 5.57 Å². The van der Waals surface area contributed by atoms with Gasteiger partial charge in [-0.2, -0.15) is 0 Å². The van der Waals surface area contributed by atoms with Gasteiger partial charge in [-0.05, 0) is 34.1 Å². The van der Waals surface area contributed by atoms with Crippen LogP contribution >= 0.6 is 0 Å². The van der Waals surface area contributed by atoms with E-state index in [-0.39, 0.29) is 5.41 Å². The molecule has 0 fully saturated rings. The molecule has 88 valence electrons. The summed E-state index contributed by atoms with van der Waals surface area (Å²) >= 11 is 0. The van der Waals surface area contributed by atoms with E-state index in [1.165, 1.54) is 16.7 Å². The lowest BCUT2D eigenvalue weighted by atomic mass is 9.71. The third-order valence-electron chi connectivity index (χ3n) is 4.66. The Labute approximate surface area is 104 Å². The van der Waals surface area contributed by atoms with Crippen LogP contribution in [0.2, 0.25) is 0 Å². The van der Waals surface area contributed by atoms with Gasteiger partial charge in [0.15, 0.2) is 0 Å². The molecule has 1 aromatic carbocycles. The van der Waals surface area contributed by atoms with Crippen molar-refractivity contribution in [2.75, 3.05) is 0 Å². The van der Waals surface area contributed by atoms with Crippen molar-refractivity contribution >= 4 is 5.57 Å². The van der Waals surface area contributed by atoms with E-state index >= 15 is 0 Å². The molecule has 2 unspecified atom stereocenters. The number of benzene rings is 1. The molecule has 2 aliphatic carbocycles. The van der Waals surface area contributed by atoms with Crippen molar-refractivity contribution in [3.8, 4) is 0 Å². The van der Waals surface area contributed by atoms with E-state index in [0.717, 1.165) is 0 Å². The molecule has 2 atom stereocenters. The van der Waals surface area contributed by atoms with Crippen molar-refractivity contribution in [1.82, 2.24) is 0 Å². The number of fused-ring (bicyclic) bond motifs is 2. The lowest BCUT2D eigenvalue weighted by molar-refractivity contribution is 0.453. The number of allylic oxidation sites excluding steroid dienone is 4. The maximum atomic E-state index is 2.37. The molecule has 3 rings (SSSR count). The molecule has 0 spiro atoms. The summed E-state index contributed by atoms with van der Waals surface area (Å²) in [5.74, 6) is 1.31. The van der Waals surface area contributed by atoms with Crippen molar-refractivity contribution < 1.29 is 0 Å². The van der Waals surface area contributed by atoms with Crippen LogP contribution in [0, 0.1) is 11.8 Å². The van der Waals surface area contributed by atoms with E-state index in [9.17, 15) is 0 Å². The Balaban J connectivity index is 2.27. The van der Waals surface area contributed by atoms with Crippen LogP contribution in [-0.4, -0.2) is 0 Å². The molecule has 17 heavy (non-hydrogen) atoms. The van der Waals surface area contributed by atoms with Gasteiger partial charge in [0.05, 0.1) is 0 Å². The lowest BCUT2D eigenvalue weighted by Gasteiger charge is -2.33. The third-order valence-corrected chi connectivity index (χ3v) is 4.66. The van der Waals surface area contributed by atoms with Crippen LogP contribution in [0.4, 0.5) is 0 Å². The molecule has 1 aromatic rings. The molecule has 0 nitrogen and oxygen atoms in total. The highest BCUT2D eigenvalue weighted by Gasteiger charge is 2.41. The van der Waals surface area contributed by atoms with Crippen LogP contribution in [0.5, 0.6) is 0 Å². The van der Waals surface area contributed by atoms with E-state index in [1.54, 1.807) is 5.57 Å². The predicted octanol–water partition coefficient (Wildman–Crippen LogP) is 4.57. The van der Waals surface area contributed by atoms with E-state index in [4.69, 9.17) is 0 Å². The molecule has 0 bridgehead atoms. The number of rotatable bonds is 0. The first kappa shape index (κ1) is 10.8. The highest BCUT2D eigenvalue weighted by molar-refractivity contribution is 5.87. The molecule has 0 heterocycles. The summed E-state index contributed by atoms with van der Waals surface area (Å²) in [5, 5.41) is 0. The second-order valence-electron chi connectivity index (χ2n) is 6.00.